The Kier molecular flexibility index (Phi) is 6.03. The van der Waals surface area contributed by atoms with Crippen molar-refractivity contribution in [3.05, 3.63) is 29.3 Å². The number of primary amides is 1. The molecular weight excluding hydrogens is 290 g/mol. The first-order valence-electron chi connectivity index (χ1n) is 6.93. The normalized spacial score (nSPS) is 21.2. The maximum Gasteiger partial charge on any atom is 0.251 e. The number of hydrogen-bond acceptors (Lipinski definition) is 3. The predicted molar refractivity (Wildman–Crippen MR) is 85.2 cm³/mol. The number of amides is 2. The van der Waals surface area contributed by atoms with Gasteiger partial charge in [0.2, 0.25) is 5.91 Å². The molecule has 0 heterocycles. The van der Waals surface area contributed by atoms with Crippen LogP contribution < -0.4 is 16.8 Å². The van der Waals surface area contributed by atoms with Crippen molar-refractivity contribution in [2.45, 2.75) is 38.6 Å². The lowest BCUT2D eigenvalue weighted by Crippen LogP contribution is -2.40. The van der Waals surface area contributed by atoms with E-state index in [1.54, 1.807) is 12.1 Å². The fraction of sp³-hybridized carbons (Fsp3) is 0.467. The standard InChI is InChI=1S/C15H21N3O2.ClH/c1-9-2-5-11(16)8-13(9)15(20)18-12-6-3-10(4-7-12)14(17)19;/h2,5,8,10,12H,3-4,6-7,16H2,1H3,(H2,17,19)(H,18,20);1H. The van der Waals surface area contributed by atoms with Crippen molar-refractivity contribution < 1.29 is 9.59 Å². The fourth-order valence-electron chi connectivity index (χ4n) is 2.67. The summed E-state index contributed by atoms with van der Waals surface area (Å²) in [6.07, 6.45) is 3.08. The molecule has 1 saturated carbocycles. The molecule has 1 aliphatic rings. The molecule has 1 aromatic rings. The van der Waals surface area contributed by atoms with Crippen LogP contribution in [0.15, 0.2) is 18.2 Å². The third kappa shape index (κ3) is 4.36. The number of aryl methyl sites for hydroxylation is 1. The highest BCUT2D eigenvalue weighted by molar-refractivity contribution is 5.96. The number of nitrogen functional groups attached to an aromatic ring is 1. The molecule has 2 rings (SSSR count). The first kappa shape index (κ1) is 17.3. The van der Waals surface area contributed by atoms with Gasteiger partial charge in [-0.3, -0.25) is 9.59 Å². The Labute approximate surface area is 130 Å². The van der Waals surface area contributed by atoms with Gasteiger partial charge in [-0.05, 0) is 50.3 Å². The molecule has 1 aliphatic carbocycles. The molecular formula is C15H22ClN3O2. The van der Waals surface area contributed by atoms with Gasteiger partial charge in [-0.1, -0.05) is 6.07 Å². The summed E-state index contributed by atoms with van der Waals surface area (Å²) in [4.78, 5) is 23.4. The molecule has 0 spiro atoms. The van der Waals surface area contributed by atoms with Crippen molar-refractivity contribution in [1.82, 2.24) is 5.32 Å². The monoisotopic (exact) mass is 311 g/mol. The summed E-state index contributed by atoms with van der Waals surface area (Å²) in [5.74, 6) is -0.379. The predicted octanol–water partition coefficient (Wildman–Crippen LogP) is 1.77. The number of nitrogens with two attached hydrogens (primary N) is 2. The summed E-state index contributed by atoms with van der Waals surface area (Å²) in [6.45, 7) is 1.89. The minimum atomic E-state index is -0.235. The van der Waals surface area contributed by atoms with E-state index in [9.17, 15) is 9.59 Å². The molecule has 0 bridgehead atoms. The van der Waals surface area contributed by atoms with Gasteiger partial charge in [-0.2, -0.15) is 0 Å². The minimum absolute atomic E-state index is 0. The molecule has 0 aliphatic heterocycles. The van der Waals surface area contributed by atoms with Gasteiger partial charge in [0.1, 0.15) is 0 Å². The Balaban J connectivity index is 0.00000220. The molecule has 0 atom stereocenters. The molecule has 1 fully saturated rings. The van der Waals surface area contributed by atoms with Crippen molar-refractivity contribution in [2.75, 3.05) is 5.73 Å². The van der Waals surface area contributed by atoms with E-state index in [2.05, 4.69) is 5.32 Å². The lowest BCUT2D eigenvalue weighted by molar-refractivity contribution is -0.122. The van der Waals surface area contributed by atoms with E-state index in [0.717, 1.165) is 31.2 Å². The maximum absolute atomic E-state index is 12.2. The van der Waals surface area contributed by atoms with Crippen LogP contribution in [-0.2, 0) is 4.79 Å². The lowest BCUT2D eigenvalue weighted by atomic mass is 9.85. The second kappa shape index (κ2) is 7.31. The summed E-state index contributed by atoms with van der Waals surface area (Å²) in [7, 11) is 0. The SMILES string of the molecule is Cc1ccc(N)cc1C(=O)NC1CCC(C(N)=O)CC1.Cl. The van der Waals surface area contributed by atoms with Crippen molar-refractivity contribution >= 4 is 29.9 Å². The number of rotatable bonds is 3. The van der Waals surface area contributed by atoms with Crippen LogP contribution in [0.2, 0.25) is 0 Å². The summed E-state index contributed by atoms with van der Waals surface area (Å²) in [6, 6.07) is 5.43. The van der Waals surface area contributed by atoms with Gasteiger partial charge in [-0.15, -0.1) is 12.4 Å². The smallest absolute Gasteiger partial charge is 0.251 e. The summed E-state index contributed by atoms with van der Waals surface area (Å²) < 4.78 is 0. The molecule has 6 heteroatoms. The van der Waals surface area contributed by atoms with E-state index in [1.807, 2.05) is 13.0 Å². The van der Waals surface area contributed by atoms with Gasteiger partial charge >= 0.3 is 0 Å². The van der Waals surface area contributed by atoms with Crippen LogP contribution in [0.4, 0.5) is 5.69 Å². The molecule has 0 saturated heterocycles. The number of halogens is 1. The Morgan fingerprint density at radius 1 is 1.19 bits per heavy atom. The summed E-state index contributed by atoms with van der Waals surface area (Å²) >= 11 is 0. The number of benzene rings is 1. The van der Waals surface area contributed by atoms with E-state index in [1.165, 1.54) is 0 Å². The van der Waals surface area contributed by atoms with Crippen LogP contribution in [0.3, 0.4) is 0 Å². The van der Waals surface area contributed by atoms with Gasteiger partial charge in [-0.25, -0.2) is 0 Å². The Bertz CT molecular complexity index is 526. The van der Waals surface area contributed by atoms with Gasteiger partial charge in [0.05, 0.1) is 0 Å². The van der Waals surface area contributed by atoms with E-state index in [0.29, 0.717) is 11.3 Å². The maximum atomic E-state index is 12.2. The van der Waals surface area contributed by atoms with Crippen molar-refractivity contribution in [3.63, 3.8) is 0 Å². The molecule has 116 valence electrons. The third-order valence-electron chi connectivity index (χ3n) is 3.97. The highest BCUT2D eigenvalue weighted by Crippen LogP contribution is 2.24. The van der Waals surface area contributed by atoms with Gasteiger partial charge in [0.25, 0.3) is 5.91 Å². The third-order valence-corrected chi connectivity index (χ3v) is 3.97. The second-order valence-electron chi connectivity index (χ2n) is 5.50. The van der Waals surface area contributed by atoms with E-state index < -0.39 is 0 Å². The minimum Gasteiger partial charge on any atom is -0.399 e. The average molecular weight is 312 g/mol. The van der Waals surface area contributed by atoms with E-state index >= 15 is 0 Å². The quantitative estimate of drug-likeness (QED) is 0.742. The van der Waals surface area contributed by atoms with Crippen LogP contribution >= 0.6 is 12.4 Å². The molecule has 0 radical (unpaired) electrons. The number of carbonyl (C=O) groups is 2. The lowest BCUT2D eigenvalue weighted by Gasteiger charge is -2.27. The van der Waals surface area contributed by atoms with E-state index in [4.69, 9.17) is 11.5 Å². The van der Waals surface area contributed by atoms with Crippen LogP contribution in [0.5, 0.6) is 0 Å². The zero-order chi connectivity index (χ0) is 14.7. The Morgan fingerprint density at radius 2 is 1.81 bits per heavy atom. The summed E-state index contributed by atoms with van der Waals surface area (Å²) in [5.41, 5.74) is 13.1. The van der Waals surface area contributed by atoms with Crippen molar-refractivity contribution in [3.8, 4) is 0 Å². The Hall–Kier alpha value is -1.75. The highest BCUT2D eigenvalue weighted by atomic mass is 35.5. The molecule has 0 aromatic heterocycles. The number of nitrogens with one attached hydrogen (secondary N) is 1. The molecule has 0 unspecified atom stereocenters. The molecule has 21 heavy (non-hydrogen) atoms. The fourth-order valence-corrected chi connectivity index (χ4v) is 2.67. The molecule has 5 N–H and O–H groups in total. The zero-order valence-electron chi connectivity index (χ0n) is 12.1. The first-order chi connectivity index (χ1) is 9.47. The van der Waals surface area contributed by atoms with Crippen molar-refractivity contribution in [1.29, 1.82) is 0 Å². The van der Waals surface area contributed by atoms with Gasteiger partial charge in [0, 0.05) is 23.2 Å². The Morgan fingerprint density at radius 3 is 2.38 bits per heavy atom. The molecule has 5 nitrogen and oxygen atoms in total. The topological polar surface area (TPSA) is 98.2 Å². The number of carbonyl (C=O) groups excluding carboxylic acids is 2. The zero-order valence-corrected chi connectivity index (χ0v) is 12.9. The van der Waals surface area contributed by atoms with E-state index in [-0.39, 0.29) is 36.2 Å². The average Bonchev–Trinajstić information content (AvgIpc) is 2.42. The first-order valence-corrected chi connectivity index (χ1v) is 6.93. The second-order valence-corrected chi connectivity index (χ2v) is 5.50. The highest BCUT2D eigenvalue weighted by Gasteiger charge is 2.26. The van der Waals surface area contributed by atoms with Crippen LogP contribution in [0.25, 0.3) is 0 Å². The van der Waals surface area contributed by atoms with Crippen LogP contribution in [0, 0.1) is 12.8 Å². The molecule has 2 amide bonds. The van der Waals surface area contributed by atoms with Crippen LogP contribution in [0.1, 0.15) is 41.6 Å². The largest absolute Gasteiger partial charge is 0.399 e. The van der Waals surface area contributed by atoms with Crippen LogP contribution in [-0.4, -0.2) is 17.9 Å². The molecule has 1 aromatic carbocycles. The number of hydrogen-bond donors (Lipinski definition) is 3. The van der Waals surface area contributed by atoms with Gasteiger partial charge in [0.15, 0.2) is 0 Å². The number of anilines is 1. The van der Waals surface area contributed by atoms with Gasteiger partial charge < -0.3 is 16.8 Å². The summed E-state index contributed by atoms with van der Waals surface area (Å²) in [5, 5.41) is 3.02. The van der Waals surface area contributed by atoms with Crippen molar-refractivity contribution in [2.24, 2.45) is 11.7 Å².